The lowest BCUT2D eigenvalue weighted by Crippen LogP contribution is -2.02. The standard InChI is InChI=1S/C15H19N3O/c1-5-18-9-12(7-6-8-19)13-11(4)16-14(10(2)3)17-15(13)18/h6-10H,5H2,1-4H3/b7-6+. The summed E-state index contributed by atoms with van der Waals surface area (Å²) in [4.78, 5) is 19.7. The molecule has 4 nitrogen and oxygen atoms in total. The minimum absolute atomic E-state index is 0.303. The van der Waals surface area contributed by atoms with E-state index in [1.165, 1.54) is 6.08 Å². The first-order valence-corrected chi connectivity index (χ1v) is 6.57. The maximum absolute atomic E-state index is 10.5. The Kier molecular flexibility index (Phi) is 3.79. The molecule has 2 aromatic heterocycles. The number of fused-ring (bicyclic) bond motifs is 1. The van der Waals surface area contributed by atoms with E-state index in [4.69, 9.17) is 0 Å². The SMILES string of the molecule is CCn1cc(/C=C/C=O)c2c(C)nc(C(C)C)nc21. The molecule has 0 radical (unpaired) electrons. The summed E-state index contributed by atoms with van der Waals surface area (Å²) in [7, 11) is 0. The van der Waals surface area contributed by atoms with Crippen LogP contribution in [-0.2, 0) is 11.3 Å². The number of hydrogen-bond acceptors (Lipinski definition) is 3. The van der Waals surface area contributed by atoms with E-state index in [0.717, 1.165) is 40.9 Å². The van der Waals surface area contributed by atoms with Crippen LogP contribution < -0.4 is 0 Å². The minimum atomic E-state index is 0.303. The molecule has 0 amide bonds. The molecule has 0 aliphatic rings. The molecule has 0 aromatic carbocycles. The molecule has 0 bridgehead atoms. The van der Waals surface area contributed by atoms with Crippen LogP contribution in [0, 0.1) is 6.92 Å². The summed E-state index contributed by atoms with van der Waals surface area (Å²) in [5, 5.41) is 1.03. The molecule has 0 unspecified atom stereocenters. The zero-order valence-corrected chi connectivity index (χ0v) is 11.8. The first-order valence-electron chi connectivity index (χ1n) is 6.57. The van der Waals surface area contributed by atoms with Crippen LogP contribution in [0.5, 0.6) is 0 Å². The largest absolute Gasteiger partial charge is 0.332 e. The van der Waals surface area contributed by atoms with Gasteiger partial charge in [0.1, 0.15) is 17.8 Å². The van der Waals surface area contributed by atoms with E-state index in [2.05, 4.69) is 35.3 Å². The van der Waals surface area contributed by atoms with Crippen molar-refractivity contribution in [3.63, 3.8) is 0 Å². The van der Waals surface area contributed by atoms with Gasteiger partial charge in [-0.15, -0.1) is 0 Å². The lowest BCUT2D eigenvalue weighted by molar-refractivity contribution is -0.104. The van der Waals surface area contributed by atoms with Gasteiger partial charge >= 0.3 is 0 Å². The zero-order chi connectivity index (χ0) is 14.0. The fourth-order valence-corrected chi connectivity index (χ4v) is 2.19. The molecule has 100 valence electrons. The Morgan fingerprint density at radius 3 is 2.68 bits per heavy atom. The summed E-state index contributed by atoms with van der Waals surface area (Å²) < 4.78 is 2.10. The van der Waals surface area contributed by atoms with Gasteiger partial charge < -0.3 is 4.57 Å². The third-order valence-corrected chi connectivity index (χ3v) is 3.16. The maximum atomic E-state index is 10.5. The van der Waals surface area contributed by atoms with Crippen molar-refractivity contribution in [1.82, 2.24) is 14.5 Å². The van der Waals surface area contributed by atoms with Crippen LogP contribution in [0.25, 0.3) is 17.1 Å². The van der Waals surface area contributed by atoms with Crippen molar-refractivity contribution in [1.29, 1.82) is 0 Å². The van der Waals surface area contributed by atoms with Crippen molar-refractivity contribution in [3.05, 3.63) is 29.4 Å². The number of aryl methyl sites for hydroxylation is 2. The molecule has 0 N–H and O–H groups in total. The van der Waals surface area contributed by atoms with Crippen LogP contribution in [0.1, 0.15) is 43.8 Å². The van der Waals surface area contributed by atoms with Crippen molar-refractivity contribution in [2.45, 2.75) is 40.2 Å². The van der Waals surface area contributed by atoms with Crippen molar-refractivity contribution in [2.24, 2.45) is 0 Å². The van der Waals surface area contributed by atoms with Gasteiger partial charge in [0.05, 0.1) is 5.69 Å². The summed E-state index contributed by atoms with van der Waals surface area (Å²) in [6.45, 7) is 9.10. The van der Waals surface area contributed by atoms with Crippen LogP contribution in [0.2, 0.25) is 0 Å². The first-order chi connectivity index (χ1) is 9.08. The second-order valence-electron chi connectivity index (χ2n) is 4.89. The molecule has 0 atom stereocenters. The molecule has 0 fully saturated rings. The molecule has 0 spiro atoms. The Balaban J connectivity index is 2.74. The van der Waals surface area contributed by atoms with Gasteiger partial charge in [-0.25, -0.2) is 9.97 Å². The Morgan fingerprint density at radius 1 is 1.37 bits per heavy atom. The van der Waals surface area contributed by atoms with Gasteiger partial charge in [0, 0.05) is 29.6 Å². The Hall–Kier alpha value is -1.97. The summed E-state index contributed by atoms with van der Waals surface area (Å²) >= 11 is 0. The van der Waals surface area contributed by atoms with Gasteiger partial charge in [-0.1, -0.05) is 13.8 Å². The fourth-order valence-electron chi connectivity index (χ4n) is 2.19. The highest BCUT2D eigenvalue weighted by atomic mass is 16.1. The van der Waals surface area contributed by atoms with Crippen LogP contribution in [-0.4, -0.2) is 20.8 Å². The summed E-state index contributed by atoms with van der Waals surface area (Å²) in [5.74, 6) is 1.17. The Morgan fingerprint density at radius 2 is 2.11 bits per heavy atom. The number of aldehydes is 1. The molecule has 0 aliphatic heterocycles. The highest BCUT2D eigenvalue weighted by Crippen LogP contribution is 2.25. The first kappa shape index (κ1) is 13.5. The Labute approximate surface area is 113 Å². The second-order valence-corrected chi connectivity index (χ2v) is 4.89. The number of aromatic nitrogens is 3. The summed E-state index contributed by atoms with van der Waals surface area (Å²) in [5.41, 5.74) is 2.91. The van der Waals surface area contributed by atoms with E-state index in [0.29, 0.717) is 5.92 Å². The van der Waals surface area contributed by atoms with Crippen molar-refractivity contribution in [3.8, 4) is 0 Å². The molecule has 2 heterocycles. The van der Waals surface area contributed by atoms with E-state index in [1.807, 2.05) is 19.2 Å². The van der Waals surface area contributed by atoms with Gasteiger partial charge in [0.2, 0.25) is 0 Å². The molecule has 0 saturated carbocycles. The molecule has 0 saturated heterocycles. The number of carbonyl (C=O) groups is 1. The highest BCUT2D eigenvalue weighted by molar-refractivity contribution is 5.91. The van der Waals surface area contributed by atoms with E-state index < -0.39 is 0 Å². The molecular weight excluding hydrogens is 238 g/mol. The third kappa shape index (κ3) is 2.43. The number of hydrogen-bond donors (Lipinski definition) is 0. The number of carbonyl (C=O) groups excluding carboxylic acids is 1. The lowest BCUT2D eigenvalue weighted by atomic mass is 10.1. The second kappa shape index (κ2) is 5.34. The predicted octanol–water partition coefficient (Wildman–Crippen LogP) is 3.10. The highest BCUT2D eigenvalue weighted by Gasteiger charge is 2.14. The third-order valence-electron chi connectivity index (χ3n) is 3.16. The number of rotatable bonds is 4. The molecule has 0 aliphatic carbocycles. The molecule has 19 heavy (non-hydrogen) atoms. The van der Waals surface area contributed by atoms with Crippen molar-refractivity contribution < 1.29 is 4.79 Å². The zero-order valence-electron chi connectivity index (χ0n) is 11.8. The van der Waals surface area contributed by atoms with Crippen LogP contribution in [0.3, 0.4) is 0 Å². The summed E-state index contributed by atoms with van der Waals surface area (Å²) in [6.07, 6.45) is 6.13. The summed E-state index contributed by atoms with van der Waals surface area (Å²) in [6, 6.07) is 0. The van der Waals surface area contributed by atoms with Crippen LogP contribution in [0.4, 0.5) is 0 Å². The maximum Gasteiger partial charge on any atom is 0.144 e. The minimum Gasteiger partial charge on any atom is -0.332 e. The number of nitrogens with zero attached hydrogens (tertiary/aromatic N) is 3. The molecule has 4 heteroatoms. The van der Waals surface area contributed by atoms with Gasteiger partial charge in [-0.2, -0.15) is 0 Å². The average Bonchev–Trinajstić information content (AvgIpc) is 2.74. The quantitative estimate of drug-likeness (QED) is 0.624. The van der Waals surface area contributed by atoms with Gasteiger partial charge in [0.25, 0.3) is 0 Å². The molecule has 2 aromatic rings. The van der Waals surface area contributed by atoms with Crippen molar-refractivity contribution >= 4 is 23.4 Å². The van der Waals surface area contributed by atoms with Gasteiger partial charge in [-0.05, 0) is 26.0 Å². The lowest BCUT2D eigenvalue weighted by Gasteiger charge is -2.07. The smallest absolute Gasteiger partial charge is 0.144 e. The van der Waals surface area contributed by atoms with Crippen LogP contribution >= 0.6 is 0 Å². The predicted molar refractivity (Wildman–Crippen MR) is 77.1 cm³/mol. The van der Waals surface area contributed by atoms with Gasteiger partial charge in [0.15, 0.2) is 0 Å². The Bertz CT molecular complexity index is 638. The average molecular weight is 257 g/mol. The normalized spacial score (nSPS) is 11.8. The van der Waals surface area contributed by atoms with E-state index in [-0.39, 0.29) is 0 Å². The topological polar surface area (TPSA) is 47.8 Å². The molecular formula is C15H19N3O. The number of allylic oxidation sites excluding steroid dienone is 1. The van der Waals surface area contributed by atoms with E-state index >= 15 is 0 Å². The fraction of sp³-hybridized carbons (Fsp3) is 0.400. The van der Waals surface area contributed by atoms with E-state index in [1.54, 1.807) is 0 Å². The van der Waals surface area contributed by atoms with Gasteiger partial charge in [-0.3, -0.25) is 4.79 Å². The monoisotopic (exact) mass is 257 g/mol. The van der Waals surface area contributed by atoms with Crippen LogP contribution in [0.15, 0.2) is 12.3 Å². The van der Waals surface area contributed by atoms with E-state index in [9.17, 15) is 4.79 Å². The molecule has 2 rings (SSSR count). The van der Waals surface area contributed by atoms with Crippen molar-refractivity contribution in [2.75, 3.05) is 0 Å².